The van der Waals surface area contributed by atoms with Crippen molar-refractivity contribution in [3.63, 3.8) is 0 Å². The lowest BCUT2D eigenvalue weighted by molar-refractivity contribution is -0.110. The van der Waals surface area contributed by atoms with Crippen molar-refractivity contribution in [2.45, 2.75) is 4.90 Å². The zero-order valence-electron chi connectivity index (χ0n) is 19.4. The summed E-state index contributed by atoms with van der Waals surface area (Å²) in [4.78, 5) is 34.5. The molecule has 180 valence electrons. The molecule has 9 heteroatoms. The number of hydrogen-bond acceptors (Lipinski definition) is 7. The molecule has 1 amide bonds. The Morgan fingerprint density at radius 1 is 1.09 bits per heavy atom. The second-order valence-electron chi connectivity index (χ2n) is 8.15. The standard InChI is InChI=1S/C26H26N4O4S/c1-30(2)14-15-34-29-35(33)21-11-9-20(10-12-21)27-25(19-6-4-3-5-7-19)24-22-13-8-18(17-31)16-23(22)28-26(24)32/h3-13,16-17,27,29H,14-15H2,1-2H3,(H,28,32)/b25-24-. The van der Waals surface area contributed by atoms with E-state index in [1.165, 1.54) is 0 Å². The van der Waals surface area contributed by atoms with E-state index in [9.17, 15) is 14.1 Å². The molecule has 1 unspecified atom stereocenters. The minimum absolute atomic E-state index is 0.258. The largest absolute Gasteiger partial charge is 0.591 e. The molecule has 35 heavy (non-hydrogen) atoms. The van der Waals surface area contributed by atoms with Crippen LogP contribution in [0.4, 0.5) is 11.4 Å². The van der Waals surface area contributed by atoms with E-state index in [4.69, 9.17) is 4.84 Å². The fourth-order valence-corrected chi connectivity index (χ4v) is 4.24. The summed E-state index contributed by atoms with van der Waals surface area (Å²) < 4.78 is 12.4. The fraction of sp³-hybridized carbons (Fsp3) is 0.154. The van der Waals surface area contributed by atoms with Gasteiger partial charge < -0.3 is 20.1 Å². The number of aldehydes is 1. The molecule has 0 aliphatic carbocycles. The molecule has 4 rings (SSSR count). The van der Waals surface area contributed by atoms with Gasteiger partial charge in [0, 0.05) is 29.0 Å². The van der Waals surface area contributed by atoms with Crippen molar-refractivity contribution in [2.75, 3.05) is 37.9 Å². The summed E-state index contributed by atoms with van der Waals surface area (Å²) in [5.41, 5.74) is 4.44. The Morgan fingerprint density at radius 3 is 2.51 bits per heavy atom. The van der Waals surface area contributed by atoms with E-state index in [-0.39, 0.29) is 5.91 Å². The molecule has 1 aliphatic heterocycles. The number of benzene rings is 3. The zero-order chi connectivity index (χ0) is 24.8. The van der Waals surface area contributed by atoms with Crippen molar-refractivity contribution >= 4 is 46.2 Å². The lowest BCUT2D eigenvalue weighted by Crippen LogP contribution is -2.28. The van der Waals surface area contributed by atoms with Crippen LogP contribution in [-0.4, -0.2) is 48.9 Å². The van der Waals surface area contributed by atoms with Crippen LogP contribution in [0, 0.1) is 0 Å². The van der Waals surface area contributed by atoms with Gasteiger partial charge in [0.15, 0.2) is 4.90 Å². The molecular formula is C26H26N4O4S. The first-order valence-corrected chi connectivity index (χ1v) is 12.1. The van der Waals surface area contributed by atoms with Gasteiger partial charge in [0.2, 0.25) is 0 Å². The van der Waals surface area contributed by atoms with Gasteiger partial charge in [0.25, 0.3) is 5.91 Å². The van der Waals surface area contributed by atoms with Gasteiger partial charge in [-0.25, -0.2) is 0 Å². The molecule has 1 heterocycles. The molecule has 0 bridgehead atoms. The minimum Gasteiger partial charge on any atom is -0.591 e. The monoisotopic (exact) mass is 490 g/mol. The highest BCUT2D eigenvalue weighted by Crippen LogP contribution is 2.38. The average molecular weight is 491 g/mol. The molecule has 0 aromatic heterocycles. The lowest BCUT2D eigenvalue weighted by atomic mass is 9.99. The van der Waals surface area contributed by atoms with Gasteiger partial charge in [-0.05, 0) is 54.9 Å². The normalized spacial score (nSPS) is 14.9. The smallest absolute Gasteiger partial charge is 0.258 e. The second kappa shape index (κ2) is 11.3. The quantitative estimate of drug-likeness (QED) is 0.131. The number of rotatable bonds is 10. The number of hydrogen-bond donors (Lipinski definition) is 3. The molecule has 3 aromatic rings. The predicted octanol–water partition coefficient (Wildman–Crippen LogP) is 3.54. The van der Waals surface area contributed by atoms with E-state index < -0.39 is 11.4 Å². The molecule has 0 radical (unpaired) electrons. The van der Waals surface area contributed by atoms with Gasteiger partial charge in [-0.2, -0.15) is 0 Å². The molecule has 0 fully saturated rings. The van der Waals surface area contributed by atoms with Gasteiger partial charge >= 0.3 is 0 Å². The SMILES string of the molecule is CN(C)CCON[S+]([O-])c1ccc(N/C(=C2\C(=O)Nc3cc(C=O)ccc32)c2ccccc2)cc1. The second-order valence-corrected chi connectivity index (χ2v) is 9.32. The van der Waals surface area contributed by atoms with Crippen molar-refractivity contribution in [3.05, 3.63) is 89.5 Å². The summed E-state index contributed by atoms with van der Waals surface area (Å²) in [6, 6.07) is 21.7. The molecule has 0 spiro atoms. The average Bonchev–Trinajstić information content (AvgIpc) is 3.20. The zero-order valence-corrected chi connectivity index (χ0v) is 20.2. The third kappa shape index (κ3) is 5.97. The van der Waals surface area contributed by atoms with Crippen LogP contribution in [0.15, 0.2) is 77.7 Å². The number of nitrogens with zero attached hydrogens (tertiary/aromatic N) is 1. The van der Waals surface area contributed by atoms with Crippen molar-refractivity contribution in [1.29, 1.82) is 0 Å². The lowest BCUT2D eigenvalue weighted by Gasteiger charge is -2.16. The first kappa shape index (κ1) is 24.6. The maximum absolute atomic E-state index is 13.0. The van der Waals surface area contributed by atoms with E-state index in [1.54, 1.807) is 42.5 Å². The first-order valence-electron chi connectivity index (χ1n) is 11.0. The molecule has 0 saturated heterocycles. The van der Waals surface area contributed by atoms with E-state index in [0.717, 1.165) is 17.5 Å². The molecule has 0 saturated carbocycles. The van der Waals surface area contributed by atoms with Crippen molar-refractivity contribution in [1.82, 2.24) is 9.79 Å². The van der Waals surface area contributed by atoms with Crippen molar-refractivity contribution in [2.24, 2.45) is 0 Å². The maximum Gasteiger partial charge on any atom is 0.258 e. The van der Waals surface area contributed by atoms with E-state index in [1.807, 2.05) is 49.3 Å². The topological polar surface area (TPSA) is 106 Å². The van der Waals surface area contributed by atoms with E-state index in [2.05, 4.69) is 15.5 Å². The highest BCUT2D eigenvalue weighted by molar-refractivity contribution is 7.89. The third-order valence-corrected chi connectivity index (χ3v) is 6.32. The summed E-state index contributed by atoms with van der Waals surface area (Å²) in [5, 5.41) is 6.21. The number of carbonyl (C=O) groups excluding carboxylic acids is 2. The Morgan fingerprint density at radius 2 is 1.83 bits per heavy atom. The van der Waals surface area contributed by atoms with Crippen molar-refractivity contribution < 1.29 is 19.0 Å². The Balaban J connectivity index is 1.60. The van der Waals surface area contributed by atoms with Gasteiger partial charge in [0.05, 0.1) is 17.9 Å². The summed E-state index contributed by atoms with van der Waals surface area (Å²) in [6.07, 6.45) is 0.748. The number of fused-ring (bicyclic) bond motifs is 1. The van der Waals surface area contributed by atoms with Gasteiger partial charge in [0.1, 0.15) is 17.6 Å². The van der Waals surface area contributed by atoms with Crippen LogP contribution < -0.4 is 15.5 Å². The molecule has 8 nitrogen and oxygen atoms in total. The van der Waals surface area contributed by atoms with Crippen LogP contribution in [0.25, 0.3) is 11.3 Å². The number of likely N-dealkylation sites (N-methyl/N-ethyl adjacent to an activating group) is 1. The summed E-state index contributed by atoms with van der Waals surface area (Å²) in [5.74, 6) is -0.258. The van der Waals surface area contributed by atoms with Gasteiger partial charge in [-0.3, -0.25) is 14.4 Å². The molecule has 3 aromatic carbocycles. The number of carbonyl (C=O) groups is 2. The number of nitrogens with one attached hydrogen (secondary N) is 3. The highest BCUT2D eigenvalue weighted by atomic mass is 32.2. The van der Waals surface area contributed by atoms with E-state index >= 15 is 0 Å². The first-order chi connectivity index (χ1) is 17.0. The Kier molecular flexibility index (Phi) is 7.96. The van der Waals surface area contributed by atoms with Crippen LogP contribution in [0.3, 0.4) is 0 Å². The Bertz CT molecular complexity index is 1230. The number of amides is 1. The third-order valence-electron chi connectivity index (χ3n) is 5.35. The summed E-state index contributed by atoms with van der Waals surface area (Å²) >= 11 is -1.52. The predicted molar refractivity (Wildman–Crippen MR) is 138 cm³/mol. The Hall–Kier alpha value is -3.47. The van der Waals surface area contributed by atoms with Gasteiger partial charge in [-0.1, -0.05) is 42.5 Å². The fourth-order valence-electron chi connectivity index (χ4n) is 3.57. The number of anilines is 2. The highest BCUT2D eigenvalue weighted by Gasteiger charge is 2.28. The van der Waals surface area contributed by atoms with Crippen LogP contribution in [0.2, 0.25) is 0 Å². The van der Waals surface area contributed by atoms with Crippen molar-refractivity contribution in [3.8, 4) is 0 Å². The molecule has 1 atom stereocenters. The van der Waals surface area contributed by atoms with Gasteiger partial charge in [-0.15, -0.1) is 0 Å². The minimum atomic E-state index is -1.52. The van der Waals surface area contributed by atoms with Crippen LogP contribution in [0.1, 0.15) is 21.5 Å². The van der Waals surface area contributed by atoms with E-state index in [0.29, 0.717) is 46.1 Å². The Labute approximate surface area is 207 Å². The van der Waals surface area contributed by atoms with Crippen LogP contribution in [0.5, 0.6) is 0 Å². The summed E-state index contributed by atoms with van der Waals surface area (Å²) in [7, 11) is 3.86. The molecule has 3 N–H and O–H groups in total. The van der Waals surface area contributed by atoms with Crippen LogP contribution >= 0.6 is 0 Å². The molecular weight excluding hydrogens is 464 g/mol. The maximum atomic E-state index is 13.0. The summed E-state index contributed by atoms with van der Waals surface area (Å²) in [6.45, 7) is 1.11. The van der Waals surface area contributed by atoms with Crippen LogP contribution in [-0.2, 0) is 21.0 Å². The molecule has 1 aliphatic rings.